The number of ether oxygens (including phenoxy) is 1. The molecule has 0 aliphatic heterocycles. The molecule has 32 heavy (non-hydrogen) atoms. The van der Waals surface area contributed by atoms with Crippen molar-refractivity contribution in [2.75, 3.05) is 11.9 Å². The van der Waals surface area contributed by atoms with Crippen molar-refractivity contribution in [1.82, 2.24) is 9.55 Å². The third-order valence-corrected chi connectivity index (χ3v) is 7.16. The first-order chi connectivity index (χ1) is 15.5. The molecule has 1 N–H and O–H groups in total. The van der Waals surface area contributed by atoms with Gasteiger partial charge >= 0.3 is 5.97 Å². The zero-order valence-electron chi connectivity index (χ0n) is 18.3. The summed E-state index contributed by atoms with van der Waals surface area (Å²) in [6, 6.07) is 10.3. The number of hydrogen-bond donors (Lipinski definition) is 1. The van der Waals surface area contributed by atoms with Gasteiger partial charge in [-0.2, -0.15) is 5.26 Å². The quantitative estimate of drug-likeness (QED) is 0.521. The molecule has 1 saturated carbocycles. The van der Waals surface area contributed by atoms with Gasteiger partial charge in [0.1, 0.15) is 11.9 Å². The smallest absolute Gasteiger partial charge is 0.306 e. The molecule has 0 saturated heterocycles. The largest absolute Gasteiger partial charge is 0.456 e. The highest BCUT2D eigenvalue weighted by Gasteiger charge is 2.26. The summed E-state index contributed by atoms with van der Waals surface area (Å²) in [5.74, 6) is -0.366. The number of amides is 1. The Morgan fingerprint density at radius 1 is 1.28 bits per heavy atom. The second-order valence-corrected chi connectivity index (χ2v) is 9.25. The Morgan fingerprint density at radius 3 is 2.75 bits per heavy atom. The minimum absolute atomic E-state index is 0.160. The fourth-order valence-electron chi connectivity index (χ4n) is 4.33. The summed E-state index contributed by atoms with van der Waals surface area (Å²) in [7, 11) is 0. The predicted molar refractivity (Wildman–Crippen MR) is 124 cm³/mol. The number of esters is 1. The Balaban J connectivity index is 1.35. The molecule has 1 fully saturated rings. The number of thiazole rings is 1. The van der Waals surface area contributed by atoms with Gasteiger partial charge in [-0.3, -0.25) is 9.59 Å². The van der Waals surface area contributed by atoms with E-state index >= 15 is 0 Å². The zero-order valence-corrected chi connectivity index (χ0v) is 19.1. The second-order valence-electron chi connectivity index (χ2n) is 8.14. The van der Waals surface area contributed by atoms with Crippen molar-refractivity contribution in [3.05, 3.63) is 46.1 Å². The van der Waals surface area contributed by atoms with E-state index in [2.05, 4.69) is 20.9 Å². The van der Waals surface area contributed by atoms with Gasteiger partial charge in [-0.05, 0) is 44.4 Å². The van der Waals surface area contributed by atoms with Crippen LogP contribution in [0.15, 0.2) is 24.3 Å². The molecule has 0 atom stereocenters. The van der Waals surface area contributed by atoms with Gasteiger partial charge < -0.3 is 14.6 Å². The Bertz CT molecular complexity index is 1170. The van der Waals surface area contributed by atoms with Crippen molar-refractivity contribution >= 4 is 39.2 Å². The maximum atomic E-state index is 12.5. The summed E-state index contributed by atoms with van der Waals surface area (Å²) in [5.41, 5.74) is 3.27. The average Bonchev–Trinajstić information content (AvgIpc) is 3.50. The lowest BCUT2D eigenvalue weighted by Crippen LogP contribution is -2.24. The number of nitrogens with one attached hydrogen (secondary N) is 1. The maximum absolute atomic E-state index is 12.5. The highest BCUT2D eigenvalue weighted by molar-refractivity contribution is 7.18. The molecule has 8 heteroatoms. The molecule has 2 heterocycles. The fourth-order valence-corrected chi connectivity index (χ4v) is 5.29. The van der Waals surface area contributed by atoms with Crippen LogP contribution >= 0.6 is 11.3 Å². The number of anilines is 1. The molecule has 1 aromatic carbocycles. The number of carbonyl (C=O) groups excluding carboxylic acids is 2. The van der Waals surface area contributed by atoms with Crippen molar-refractivity contribution in [1.29, 1.82) is 5.26 Å². The second kappa shape index (κ2) is 9.53. The van der Waals surface area contributed by atoms with E-state index < -0.39 is 11.9 Å². The molecule has 2 aromatic heterocycles. The zero-order chi connectivity index (χ0) is 22.7. The number of hydrogen-bond acceptors (Lipinski definition) is 6. The Hall–Kier alpha value is -3.18. The normalized spacial score (nSPS) is 13.9. The summed E-state index contributed by atoms with van der Waals surface area (Å²) < 4.78 is 8.34. The summed E-state index contributed by atoms with van der Waals surface area (Å²) in [6.07, 6.45) is 4.98. The molecule has 7 nitrogen and oxygen atoms in total. The van der Waals surface area contributed by atoms with Crippen LogP contribution in [0.4, 0.5) is 5.82 Å². The molecule has 0 spiro atoms. The van der Waals surface area contributed by atoms with E-state index in [9.17, 15) is 14.9 Å². The van der Waals surface area contributed by atoms with Crippen LogP contribution in [-0.4, -0.2) is 28.0 Å². The van der Waals surface area contributed by atoms with Crippen molar-refractivity contribution in [2.24, 2.45) is 0 Å². The number of nitriles is 1. The van der Waals surface area contributed by atoms with E-state index in [0.717, 1.165) is 52.2 Å². The van der Waals surface area contributed by atoms with Gasteiger partial charge in [-0.15, -0.1) is 11.3 Å². The number of carbonyl (C=O) groups is 2. The van der Waals surface area contributed by atoms with Crippen LogP contribution < -0.4 is 5.32 Å². The SMILES string of the molecule is Cc1c(C#N)c(NC(=O)COC(=O)CCc2nc3ccccc3s2)n(C2CCCC2)c1C. The van der Waals surface area contributed by atoms with E-state index in [1.54, 1.807) is 11.3 Å². The summed E-state index contributed by atoms with van der Waals surface area (Å²) in [6.45, 7) is 3.50. The van der Waals surface area contributed by atoms with Crippen LogP contribution in [0.25, 0.3) is 10.2 Å². The Labute approximate surface area is 191 Å². The highest BCUT2D eigenvalue weighted by atomic mass is 32.1. The first-order valence-corrected chi connectivity index (χ1v) is 11.7. The van der Waals surface area contributed by atoms with Crippen molar-refractivity contribution < 1.29 is 14.3 Å². The molecule has 0 unspecified atom stereocenters. The van der Waals surface area contributed by atoms with Crippen molar-refractivity contribution in [3.63, 3.8) is 0 Å². The van der Waals surface area contributed by atoms with Crippen molar-refractivity contribution in [2.45, 2.75) is 58.4 Å². The molecule has 1 aliphatic rings. The molecule has 1 amide bonds. The van der Waals surface area contributed by atoms with E-state index in [-0.39, 0.29) is 19.1 Å². The van der Waals surface area contributed by atoms with Gasteiger partial charge in [0.15, 0.2) is 6.61 Å². The van der Waals surface area contributed by atoms with Crippen LogP contribution in [0.3, 0.4) is 0 Å². The van der Waals surface area contributed by atoms with Gasteiger partial charge in [-0.1, -0.05) is 25.0 Å². The molecule has 0 bridgehead atoms. The number of fused-ring (bicyclic) bond motifs is 1. The minimum Gasteiger partial charge on any atom is -0.456 e. The van der Waals surface area contributed by atoms with Crippen LogP contribution in [0.5, 0.6) is 0 Å². The summed E-state index contributed by atoms with van der Waals surface area (Å²) in [5, 5.41) is 13.3. The highest BCUT2D eigenvalue weighted by Crippen LogP contribution is 2.37. The van der Waals surface area contributed by atoms with Gasteiger partial charge in [-0.25, -0.2) is 4.98 Å². The Morgan fingerprint density at radius 2 is 2.03 bits per heavy atom. The molecule has 3 aromatic rings. The van der Waals surface area contributed by atoms with Crippen LogP contribution in [-0.2, 0) is 20.7 Å². The first-order valence-electron chi connectivity index (χ1n) is 10.9. The molecule has 166 valence electrons. The fraction of sp³-hybridized carbons (Fsp3) is 0.417. The van der Waals surface area contributed by atoms with Crippen LogP contribution in [0, 0.1) is 25.2 Å². The van der Waals surface area contributed by atoms with Gasteiger partial charge in [0.2, 0.25) is 0 Å². The minimum atomic E-state index is -0.446. The third-order valence-electron chi connectivity index (χ3n) is 6.06. The lowest BCUT2D eigenvalue weighted by Gasteiger charge is -2.19. The number of nitrogens with zero attached hydrogens (tertiary/aromatic N) is 3. The van der Waals surface area contributed by atoms with Crippen LogP contribution in [0.2, 0.25) is 0 Å². The summed E-state index contributed by atoms with van der Waals surface area (Å²) >= 11 is 1.56. The number of para-hydroxylation sites is 1. The predicted octanol–water partition coefficient (Wildman–Crippen LogP) is 4.82. The molecule has 0 radical (unpaired) electrons. The number of aryl methyl sites for hydroxylation is 1. The Kier molecular flexibility index (Phi) is 6.56. The molecular weight excluding hydrogens is 424 g/mol. The lowest BCUT2D eigenvalue weighted by molar-refractivity contribution is -0.147. The molecule has 1 aliphatic carbocycles. The number of rotatable bonds is 7. The van der Waals surface area contributed by atoms with E-state index in [0.29, 0.717) is 17.8 Å². The van der Waals surface area contributed by atoms with Crippen LogP contribution in [0.1, 0.15) is 60.0 Å². The number of aromatic nitrogens is 2. The first kappa shape index (κ1) is 22.0. The van der Waals surface area contributed by atoms with Gasteiger partial charge in [0.05, 0.1) is 27.2 Å². The third kappa shape index (κ3) is 4.53. The lowest BCUT2D eigenvalue weighted by atomic mass is 10.2. The topological polar surface area (TPSA) is 97.0 Å². The standard InChI is InChI=1S/C24H26N4O3S/c1-15-16(2)28(17-7-3-4-8-17)24(18(15)13-25)27-21(29)14-31-23(30)12-11-22-26-19-9-5-6-10-20(19)32-22/h5-6,9-10,17H,3-4,7-8,11-12,14H2,1-2H3,(H,27,29). The molecule has 4 rings (SSSR count). The van der Waals surface area contributed by atoms with Gasteiger partial charge in [0, 0.05) is 18.2 Å². The monoisotopic (exact) mass is 450 g/mol. The van der Waals surface area contributed by atoms with E-state index in [1.165, 1.54) is 0 Å². The molecular formula is C24H26N4O3S. The maximum Gasteiger partial charge on any atom is 0.306 e. The van der Waals surface area contributed by atoms with E-state index in [4.69, 9.17) is 4.74 Å². The average molecular weight is 451 g/mol. The van der Waals surface area contributed by atoms with E-state index in [1.807, 2.05) is 38.1 Å². The number of benzene rings is 1. The van der Waals surface area contributed by atoms with Gasteiger partial charge in [0.25, 0.3) is 5.91 Å². The van der Waals surface area contributed by atoms with Crippen molar-refractivity contribution in [3.8, 4) is 6.07 Å². The summed E-state index contributed by atoms with van der Waals surface area (Å²) in [4.78, 5) is 29.2.